The van der Waals surface area contributed by atoms with Crippen LogP contribution in [0.5, 0.6) is 0 Å². The van der Waals surface area contributed by atoms with Crippen molar-refractivity contribution >= 4 is 182 Å². The number of rotatable bonds is 24. The predicted molar refractivity (Wildman–Crippen MR) is 195 cm³/mol. The van der Waals surface area contributed by atoms with Crippen LogP contribution in [0.25, 0.3) is 0 Å². The van der Waals surface area contributed by atoms with E-state index in [0.717, 1.165) is 36.4 Å². The van der Waals surface area contributed by atoms with Gasteiger partial charge in [-0.1, -0.05) is 0 Å². The lowest BCUT2D eigenvalue weighted by Gasteiger charge is -2.21. The molecule has 0 aliphatic heterocycles. The van der Waals surface area contributed by atoms with Crippen molar-refractivity contribution in [1.82, 2.24) is 0 Å². The zero-order chi connectivity index (χ0) is 23.2. The van der Waals surface area contributed by atoms with Crippen LogP contribution in [0.15, 0.2) is 0 Å². The van der Waals surface area contributed by atoms with E-state index in [1.54, 1.807) is 0 Å². The number of hydrogen-bond acceptors (Lipinski definition) is 15. The van der Waals surface area contributed by atoms with Gasteiger partial charge in [-0.25, -0.2) is 0 Å². The van der Waals surface area contributed by atoms with Crippen LogP contribution in [0.3, 0.4) is 0 Å². The van der Waals surface area contributed by atoms with Gasteiger partial charge in [-0.2, -0.15) is 111 Å². The molecular weight excluding hydrogens is 673 g/mol. The second-order valence-corrected chi connectivity index (χ2v) is 21.3. The summed E-state index contributed by atoms with van der Waals surface area (Å²) in [6.45, 7) is 0. The van der Waals surface area contributed by atoms with Crippen LogP contribution >= 0.6 is 182 Å². The average molecular weight is 707 g/mol. The smallest absolute Gasteiger partial charge is 0.0609 e. The first-order valence-corrected chi connectivity index (χ1v) is 22.8. The van der Waals surface area contributed by atoms with E-state index in [0.29, 0.717) is 13.7 Å². The molecule has 0 atom stereocenters. The lowest BCUT2D eigenvalue weighted by molar-refractivity contribution is 0.778. The second kappa shape index (κ2) is 28.3. The minimum absolute atomic E-state index is 0.590. The van der Waals surface area contributed by atoms with Crippen molar-refractivity contribution < 1.29 is 0 Å². The standard InChI is InChI=1S/C16H34S15/c17-7-26-14(27-8-18)4-23-1-13(2-24-5-15(28-9-19)29-10-20)3-25-6-16(30-11-21)31-12-22/h13-22H,1-12H2. The van der Waals surface area contributed by atoms with Gasteiger partial charge >= 0.3 is 0 Å². The van der Waals surface area contributed by atoms with Crippen LogP contribution in [0.2, 0.25) is 0 Å². The lowest BCUT2D eigenvalue weighted by Crippen LogP contribution is -2.15. The van der Waals surface area contributed by atoms with E-state index in [9.17, 15) is 0 Å². The minimum Gasteiger partial charge on any atom is -0.168 e. The van der Waals surface area contributed by atoms with Crippen LogP contribution < -0.4 is 0 Å². The summed E-state index contributed by atoms with van der Waals surface area (Å²) in [6.07, 6.45) is 0. The molecule has 188 valence electrons. The Morgan fingerprint density at radius 3 is 0.774 bits per heavy atom. The van der Waals surface area contributed by atoms with Gasteiger partial charge in [0.1, 0.15) is 0 Å². The summed E-state index contributed by atoms with van der Waals surface area (Å²) < 4.78 is 1.77. The first-order chi connectivity index (χ1) is 15.1. The molecule has 0 heterocycles. The predicted octanol–water partition coefficient (Wildman–Crippen LogP) is 8.50. The highest BCUT2D eigenvalue weighted by Crippen LogP contribution is 2.33. The van der Waals surface area contributed by atoms with Gasteiger partial charge < -0.3 is 0 Å². The summed E-state index contributed by atoms with van der Waals surface area (Å²) in [5.74, 6) is 7.92. The van der Waals surface area contributed by atoms with Gasteiger partial charge in [0.2, 0.25) is 0 Å². The highest BCUT2D eigenvalue weighted by atomic mass is 32.2. The van der Waals surface area contributed by atoms with E-state index >= 15 is 0 Å². The maximum atomic E-state index is 4.39. The van der Waals surface area contributed by atoms with Gasteiger partial charge in [-0.05, 0) is 23.2 Å². The molecular formula is C16H34S15. The zero-order valence-corrected chi connectivity index (χ0v) is 29.9. The first-order valence-electron chi connectivity index (χ1n) is 9.23. The van der Waals surface area contributed by atoms with E-state index in [1.807, 2.05) is 70.6 Å². The highest BCUT2D eigenvalue weighted by molar-refractivity contribution is 8.25. The molecule has 15 heteroatoms. The van der Waals surface area contributed by atoms with E-state index in [2.05, 4.69) is 111 Å². The summed E-state index contributed by atoms with van der Waals surface area (Å²) in [6, 6.07) is 0. The van der Waals surface area contributed by atoms with Crippen LogP contribution in [0, 0.1) is 5.92 Å². The molecule has 0 amide bonds. The van der Waals surface area contributed by atoms with E-state index < -0.39 is 0 Å². The van der Waals surface area contributed by atoms with Gasteiger partial charge in [0.15, 0.2) is 0 Å². The molecule has 0 saturated heterocycles. The van der Waals surface area contributed by atoms with Crippen molar-refractivity contribution in [2.45, 2.75) is 13.7 Å². The van der Waals surface area contributed by atoms with Crippen molar-refractivity contribution in [3.63, 3.8) is 0 Å². The van der Waals surface area contributed by atoms with Gasteiger partial charge in [0.05, 0.1) is 13.7 Å². The molecule has 0 rings (SSSR count). The van der Waals surface area contributed by atoms with Crippen molar-refractivity contribution in [3.05, 3.63) is 0 Å². The Bertz CT molecular complexity index is 294. The Morgan fingerprint density at radius 2 is 0.581 bits per heavy atom. The lowest BCUT2D eigenvalue weighted by atomic mass is 10.3. The first kappa shape index (κ1) is 36.2. The third-order valence-corrected chi connectivity index (χ3v) is 17.7. The summed E-state index contributed by atoms with van der Waals surface area (Å²) in [5.41, 5.74) is 0. The SMILES string of the molecule is SCSC(CSCC(CSCC(SCS)SCS)CSCC(SCS)SCS)SCS. The molecule has 0 aromatic heterocycles. The summed E-state index contributed by atoms with van der Waals surface area (Å²) in [7, 11) is 0. The Labute approximate surface area is 262 Å². The Kier molecular flexibility index (Phi) is 33.0. The summed E-state index contributed by atoms with van der Waals surface area (Å²) in [4.78, 5) is 0. The van der Waals surface area contributed by atoms with Crippen molar-refractivity contribution in [3.8, 4) is 0 Å². The second-order valence-electron chi connectivity index (χ2n) is 5.54. The number of thiol groups is 6. The molecule has 0 aliphatic rings. The van der Waals surface area contributed by atoms with Crippen molar-refractivity contribution in [1.29, 1.82) is 0 Å². The van der Waals surface area contributed by atoms with E-state index in [4.69, 9.17) is 0 Å². The molecule has 0 nitrogen and oxygen atoms in total. The Morgan fingerprint density at radius 1 is 0.355 bits per heavy atom. The van der Waals surface area contributed by atoms with Crippen LogP contribution in [0.4, 0.5) is 0 Å². The molecule has 0 radical (unpaired) electrons. The van der Waals surface area contributed by atoms with Crippen molar-refractivity contribution in [2.24, 2.45) is 5.92 Å². The summed E-state index contributed by atoms with van der Waals surface area (Å²) >= 11 is 44.2. The van der Waals surface area contributed by atoms with Crippen LogP contribution in [-0.4, -0.2) is 78.8 Å². The average Bonchev–Trinajstić information content (AvgIpc) is 2.74. The monoisotopic (exact) mass is 706 g/mol. The van der Waals surface area contributed by atoms with Gasteiger partial charge in [0, 0.05) is 47.8 Å². The normalized spacial score (nSPS) is 12.2. The Balaban J connectivity index is 4.56. The van der Waals surface area contributed by atoms with Crippen LogP contribution in [0.1, 0.15) is 0 Å². The topological polar surface area (TPSA) is 0 Å². The van der Waals surface area contributed by atoms with Crippen LogP contribution in [-0.2, 0) is 0 Å². The van der Waals surface area contributed by atoms with E-state index in [-0.39, 0.29) is 0 Å². The maximum Gasteiger partial charge on any atom is 0.0609 e. The number of hydrogen-bond donors (Lipinski definition) is 6. The molecule has 0 aromatic rings. The fourth-order valence-electron chi connectivity index (χ4n) is 2.07. The van der Waals surface area contributed by atoms with Gasteiger partial charge in [0.25, 0.3) is 0 Å². The van der Waals surface area contributed by atoms with Gasteiger partial charge in [-0.15, -0.1) is 70.6 Å². The highest BCUT2D eigenvalue weighted by Gasteiger charge is 2.17. The maximum absolute atomic E-state index is 4.39. The molecule has 31 heavy (non-hydrogen) atoms. The molecule has 0 aromatic carbocycles. The quantitative estimate of drug-likeness (QED) is 0.0428. The minimum atomic E-state index is 0.590. The Hall–Kier alpha value is 5.25. The third kappa shape index (κ3) is 22.9. The zero-order valence-electron chi connectivity index (χ0n) is 17.2. The van der Waals surface area contributed by atoms with Crippen molar-refractivity contribution in [2.75, 3.05) is 65.0 Å². The molecule has 0 fully saturated rings. The molecule has 0 aliphatic carbocycles. The molecule has 0 N–H and O–H groups in total. The van der Waals surface area contributed by atoms with E-state index in [1.165, 1.54) is 34.5 Å². The molecule has 0 saturated carbocycles. The molecule has 0 bridgehead atoms. The summed E-state index contributed by atoms with van der Waals surface area (Å²) in [5, 5.41) is 5.26. The molecule has 0 unspecified atom stereocenters. The van der Waals surface area contributed by atoms with Gasteiger partial charge in [-0.3, -0.25) is 0 Å². The number of thioether (sulfide) groups is 9. The molecule has 0 spiro atoms. The fourth-order valence-corrected chi connectivity index (χ4v) is 17.7. The third-order valence-electron chi connectivity index (χ3n) is 3.39. The fraction of sp³-hybridized carbons (Fsp3) is 1.00. The largest absolute Gasteiger partial charge is 0.168 e.